The van der Waals surface area contributed by atoms with Gasteiger partial charge in [-0.15, -0.1) is 0 Å². The van der Waals surface area contributed by atoms with Gasteiger partial charge in [-0.1, -0.05) is 0 Å². The molecule has 26 heavy (non-hydrogen) atoms. The number of anilines is 1. The average Bonchev–Trinajstić information content (AvgIpc) is 2.96. The van der Waals surface area contributed by atoms with Crippen LogP contribution in [0.2, 0.25) is 0 Å². The van der Waals surface area contributed by atoms with Gasteiger partial charge in [0.2, 0.25) is 5.91 Å². The number of carbonyl (C=O) groups excluding carboxylic acids is 1. The third kappa shape index (κ3) is 4.21. The fraction of sp³-hybridized carbons (Fsp3) is 0.300. The molecule has 1 atom stereocenters. The zero-order valence-electron chi connectivity index (χ0n) is 15.2. The van der Waals surface area contributed by atoms with Gasteiger partial charge in [-0.05, 0) is 61.4 Å². The second-order valence-electron chi connectivity index (χ2n) is 6.49. The van der Waals surface area contributed by atoms with E-state index in [0.29, 0.717) is 18.0 Å². The van der Waals surface area contributed by atoms with Crippen LogP contribution in [0.3, 0.4) is 0 Å². The molecule has 2 aromatic carbocycles. The molecule has 6 heteroatoms. The number of amides is 1. The van der Waals surface area contributed by atoms with Crippen molar-refractivity contribution in [3.05, 3.63) is 53.9 Å². The van der Waals surface area contributed by atoms with Gasteiger partial charge in [0, 0.05) is 12.6 Å². The number of fused-ring (bicyclic) bond motifs is 1. The predicted molar refractivity (Wildman–Crippen MR) is 101 cm³/mol. The lowest BCUT2D eigenvalue weighted by atomic mass is 10.1. The van der Waals surface area contributed by atoms with Gasteiger partial charge in [-0.25, -0.2) is 4.98 Å². The Morgan fingerprint density at radius 1 is 1.23 bits per heavy atom. The summed E-state index contributed by atoms with van der Waals surface area (Å²) in [5.41, 5.74) is 5.04. The van der Waals surface area contributed by atoms with Crippen LogP contribution in [-0.4, -0.2) is 33.3 Å². The van der Waals surface area contributed by atoms with Crippen LogP contribution in [0.5, 0.6) is 5.75 Å². The number of aryl methyl sites for hydroxylation is 2. The van der Waals surface area contributed by atoms with Crippen molar-refractivity contribution in [2.45, 2.75) is 33.4 Å². The number of hydrogen-bond acceptors (Lipinski definition) is 4. The molecule has 0 aliphatic rings. The summed E-state index contributed by atoms with van der Waals surface area (Å²) in [5, 5.41) is 13.0. The van der Waals surface area contributed by atoms with Crippen LogP contribution in [0.1, 0.15) is 18.1 Å². The predicted octanol–water partition coefficient (Wildman–Crippen LogP) is 3.05. The minimum absolute atomic E-state index is 0.118. The molecule has 1 unspecified atom stereocenters. The van der Waals surface area contributed by atoms with Gasteiger partial charge >= 0.3 is 0 Å². The molecular weight excluding hydrogens is 330 g/mol. The van der Waals surface area contributed by atoms with Gasteiger partial charge in [-0.3, -0.25) is 4.79 Å². The van der Waals surface area contributed by atoms with E-state index in [0.717, 1.165) is 11.0 Å². The van der Waals surface area contributed by atoms with E-state index in [-0.39, 0.29) is 12.5 Å². The largest absolute Gasteiger partial charge is 0.491 e. The average molecular weight is 353 g/mol. The van der Waals surface area contributed by atoms with Crippen LogP contribution in [-0.2, 0) is 11.3 Å². The van der Waals surface area contributed by atoms with Gasteiger partial charge in [0.05, 0.1) is 23.9 Å². The number of benzene rings is 2. The molecule has 6 nitrogen and oxygen atoms in total. The fourth-order valence-corrected chi connectivity index (χ4v) is 2.77. The summed E-state index contributed by atoms with van der Waals surface area (Å²) in [6.45, 7) is 6.17. The van der Waals surface area contributed by atoms with E-state index >= 15 is 0 Å². The second-order valence-corrected chi connectivity index (χ2v) is 6.49. The van der Waals surface area contributed by atoms with Crippen molar-refractivity contribution in [2.24, 2.45) is 0 Å². The number of carbonyl (C=O) groups is 1. The van der Waals surface area contributed by atoms with Gasteiger partial charge in [0.15, 0.2) is 0 Å². The Bertz CT molecular complexity index is 916. The van der Waals surface area contributed by atoms with Crippen LogP contribution in [0, 0.1) is 13.8 Å². The van der Waals surface area contributed by atoms with E-state index in [2.05, 4.69) is 36.3 Å². The zero-order valence-corrected chi connectivity index (χ0v) is 15.2. The van der Waals surface area contributed by atoms with Crippen LogP contribution >= 0.6 is 0 Å². The van der Waals surface area contributed by atoms with Crippen molar-refractivity contribution in [1.29, 1.82) is 0 Å². The molecule has 3 rings (SSSR count). The second kappa shape index (κ2) is 7.58. The summed E-state index contributed by atoms with van der Waals surface area (Å²) in [6, 6.07) is 11.2. The lowest BCUT2D eigenvalue weighted by Crippen LogP contribution is -2.23. The van der Waals surface area contributed by atoms with Crippen molar-refractivity contribution >= 4 is 22.6 Å². The number of nitrogens with one attached hydrogen (secondary N) is 1. The Kier molecular flexibility index (Phi) is 5.23. The number of aromatic nitrogens is 2. The molecule has 0 radical (unpaired) electrons. The zero-order chi connectivity index (χ0) is 18.7. The minimum atomic E-state index is -0.663. The highest BCUT2D eigenvalue weighted by atomic mass is 16.5. The van der Waals surface area contributed by atoms with E-state index in [1.54, 1.807) is 30.6 Å². The number of ether oxygens (including phenoxy) is 1. The monoisotopic (exact) mass is 353 g/mol. The smallest absolute Gasteiger partial charge is 0.221 e. The summed E-state index contributed by atoms with van der Waals surface area (Å²) in [7, 11) is 0. The summed E-state index contributed by atoms with van der Waals surface area (Å²) < 4.78 is 7.58. The summed E-state index contributed by atoms with van der Waals surface area (Å²) >= 11 is 0. The van der Waals surface area contributed by atoms with Crippen molar-refractivity contribution < 1.29 is 14.6 Å². The maximum atomic E-state index is 11.0. The third-order valence-electron chi connectivity index (χ3n) is 4.26. The van der Waals surface area contributed by atoms with Gasteiger partial charge in [0.25, 0.3) is 0 Å². The Hall–Kier alpha value is -2.86. The highest BCUT2D eigenvalue weighted by Gasteiger charge is 2.11. The van der Waals surface area contributed by atoms with E-state index in [1.807, 2.05) is 4.57 Å². The van der Waals surface area contributed by atoms with E-state index < -0.39 is 6.10 Å². The summed E-state index contributed by atoms with van der Waals surface area (Å²) in [5.74, 6) is 0.521. The van der Waals surface area contributed by atoms with Crippen molar-refractivity contribution in [2.75, 3.05) is 11.9 Å². The van der Waals surface area contributed by atoms with Crippen molar-refractivity contribution in [3.8, 4) is 5.75 Å². The molecular formula is C20H23N3O3. The molecule has 0 saturated heterocycles. The molecule has 1 aromatic heterocycles. The SMILES string of the molecule is CC(=O)Nc1ccc(OCC(O)Cn2cnc3cc(C)c(C)cc32)cc1. The normalized spacial score (nSPS) is 12.2. The van der Waals surface area contributed by atoms with Gasteiger partial charge in [-0.2, -0.15) is 0 Å². The Labute approximate surface area is 152 Å². The maximum absolute atomic E-state index is 11.0. The lowest BCUT2D eigenvalue weighted by Gasteiger charge is -2.14. The van der Waals surface area contributed by atoms with Crippen LogP contribution in [0.4, 0.5) is 5.69 Å². The first kappa shape index (κ1) is 17.9. The molecule has 0 bridgehead atoms. The first-order chi connectivity index (χ1) is 12.4. The number of aliphatic hydroxyl groups is 1. The van der Waals surface area contributed by atoms with Crippen LogP contribution < -0.4 is 10.1 Å². The number of aliphatic hydroxyl groups excluding tert-OH is 1. The van der Waals surface area contributed by atoms with Crippen molar-refractivity contribution in [3.63, 3.8) is 0 Å². The number of imidazole rings is 1. The Balaban J connectivity index is 1.60. The molecule has 0 aliphatic carbocycles. The molecule has 0 spiro atoms. The van der Waals surface area contributed by atoms with Gasteiger partial charge in [0.1, 0.15) is 18.5 Å². The van der Waals surface area contributed by atoms with E-state index in [4.69, 9.17) is 4.74 Å². The summed E-state index contributed by atoms with van der Waals surface area (Å²) in [4.78, 5) is 15.4. The summed E-state index contributed by atoms with van der Waals surface area (Å²) in [6.07, 6.45) is 1.08. The number of hydrogen-bond donors (Lipinski definition) is 2. The van der Waals surface area contributed by atoms with E-state index in [9.17, 15) is 9.90 Å². The Morgan fingerprint density at radius 3 is 2.62 bits per heavy atom. The Morgan fingerprint density at radius 2 is 1.92 bits per heavy atom. The number of rotatable bonds is 6. The molecule has 3 aromatic rings. The quantitative estimate of drug-likeness (QED) is 0.714. The lowest BCUT2D eigenvalue weighted by molar-refractivity contribution is -0.114. The minimum Gasteiger partial charge on any atom is -0.491 e. The topological polar surface area (TPSA) is 76.4 Å². The number of nitrogens with zero attached hydrogens (tertiary/aromatic N) is 2. The van der Waals surface area contributed by atoms with Gasteiger partial charge < -0.3 is 19.7 Å². The highest BCUT2D eigenvalue weighted by molar-refractivity contribution is 5.88. The molecule has 1 heterocycles. The first-order valence-corrected chi connectivity index (χ1v) is 8.53. The molecule has 136 valence electrons. The third-order valence-corrected chi connectivity index (χ3v) is 4.26. The first-order valence-electron chi connectivity index (χ1n) is 8.53. The fourth-order valence-electron chi connectivity index (χ4n) is 2.77. The maximum Gasteiger partial charge on any atom is 0.221 e. The molecule has 0 saturated carbocycles. The van der Waals surface area contributed by atoms with Crippen LogP contribution in [0.25, 0.3) is 11.0 Å². The highest BCUT2D eigenvalue weighted by Crippen LogP contribution is 2.19. The molecule has 1 amide bonds. The molecule has 0 fully saturated rings. The molecule has 2 N–H and O–H groups in total. The van der Waals surface area contributed by atoms with E-state index in [1.165, 1.54) is 18.1 Å². The standard InChI is InChI=1S/C20H23N3O3/c1-13-8-19-20(9-14(13)2)23(12-21-19)10-17(25)11-26-18-6-4-16(5-7-18)22-15(3)24/h4-9,12,17,25H,10-11H2,1-3H3,(H,22,24). The molecule has 0 aliphatic heterocycles. The van der Waals surface area contributed by atoms with Crippen molar-refractivity contribution in [1.82, 2.24) is 9.55 Å². The van der Waals surface area contributed by atoms with Crippen LogP contribution in [0.15, 0.2) is 42.7 Å².